The van der Waals surface area contributed by atoms with E-state index in [4.69, 9.17) is 23.2 Å². The average molecular weight is 300 g/mol. The zero-order valence-corrected chi connectivity index (χ0v) is 12.6. The molecule has 1 amide bonds. The Morgan fingerprint density at radius 1 is 1.37 bits per heavy atom. The number of rotatable bonds is 3. The highest BCUT2D eigenvalue weighted by Gasteiger charge is 2.26. The fraction of sp³-hybridized carbons (Fsp3) is 0.533. The molecule has 0 aromatic heterocycles. The van der Waals surface area contributed by atoms with E-state index in [-0.39, 0.29) is 11.9 Å². The van der Waals surface area contributed by atoms with E-state index in [9.17, 15) is 4.79 Å². The van der Waals surface area contributed by atoms with E-state index in [0.717, 1.165) is 24.8 Å². The van der Waals surface area contributed by atoms with Gasteiger partial charge in [0.25, 0.3) is 5.91 Å². The Morgan fingerprint density at radius 2 is 2.11 bits per heavy atom. The molecule has 0 spiro atoms. The highest BCUT2D eigenvalue weighted by Crippen LogP contribution is 2.26. The van der Waals surface area contributed by atoms with Crippen molar-refractivity contribution >= 4 is 29.1 Å². The van der Waals surface area contributed by atoms with Crippen LogP contribution in [-0.2, 0) is 0 Å². The monoisotopic (exact) mass is 299 g/mol. The Balaban J connectivity index is 2.09. The average Bonchev–Trinajstić information content (AvgIpc) is 2.42. The summed E-state index contributed by atoms with van der Waals surface area (Å²) in [6, 6.07) is 5.70. The van der Waals surface area contributed by atoms with Crippen LogP contribution in [0.4, 0.5) is 0 Å². The molecule has 1 aromatic rings. The van der Waals surface area contributed by atoms with Gasteiger partial charge in [0.1, 0.15) is 0 Å². The van der Waals surface area contributed by atoms with Gasteiger partial charge in [-0.2, -0.15) is 0 Å². The molecule has 1 aliphatic rings. The molecular weight excluding hydrogens is 281 g/mol. The molecule has 0 bridgehead atoms. The lowest BCUT2D eigenvalue weighted by Crippen LogP contribution is -2.42. The highest BCUT2D eigenvalue weighted by molar-refractivity contribution is 6.34. The maximum absolute atomic E-state index is 12.3. The van der Waals surface area contributed by atoms with Gasteiger partial charge in [0.2, 0.25) is 0 Å². The van der Waals surface area contributed by atoms with Gasteiger partial charge < -0.3 is 5.32 Å². The van der Waals surface area contributed by atoms with Crippen molar-refractivity contribution in [3.8, 4) is 0 Å². The molecule has 104 valence electrons. The Hall–Kier alpha value is -0.730. The number of carbonyl (C=O) groups is 1. The van der Waals surface area contributed by atoms with Crippen LogP contribution in [0, 0.1) is 12.8 Å². The Labute approximate surface area is 124 Å². The Morgan fingerprint density at radius 3 is 2.84 bits per heavy atom. The first-order chi connectivity index (χ1) is 9.13. The van der Waals surface area contributed by atoms with E-state index in [1.807, 2.05) is 19.1 Å². The van der Waals surface area contributed by atoms with Gasteiger partial charge in [0.15, 0.2) is 0 Å². The van der Waals surface area contributed by atoms with Crippen molar-refractivity contribution in [1.29, 1.82) is 0 Å². The van der Waals surface area contributed by atoms with E-state index in [1.54, 1.807) is 6.07 Å². The van der Waals surface area contributed by atoms with Crippen LogP contribution in [0.25, 0.3) is 0 Å². The van der Waals surface area contributed by atoms with Gasteiger partial charge in [0, 0.05) is 11.9 Å². The van der Waals surface area contributed by atoms with Crippen LogP contribution in [0.1, 0.15) is 41.6 Å². The van der Waals surface area contributed by atoms with Gasteiger partial charge in [-0.1, -0.05) is 36.6 Å². The molecule has 0 radical (unpaired) electrons. The molecule has 2 rings (SSSR count). The summed E-state index contributed by atoms with van der Waals surface area (Å²) in [6.45, 7) is 1.90. The van der Waals surface area contributed by atoms with Gasteiger partial charge in [-0.25, -0.2) is 0 Å². The van der Waals surface area contributed by atoms with Crippen molar-refractivity contribution in [3.05, 3.63) is 34.3 Å². The second-order valence-electron chi connectivity index (χ2n) is 5.22. The van der Waals surface area contributed by atoms with E-state index >= 15 is 0 Å². The van der Waals surface area contributed by atoms with Crippen molar-refractivity contribution in [2.45, 2.75) is 38.6 Å². The van der Waals surface area contributed by atoms with Crippen LogP contribution in [0.3, 0.4) is 0 Å². The molecule has 2 unspecified atom stereocenters. The minimum Gasteiger partial charge on any atom is -0.349 e. The van der Waals surface area contributed by atoms with E-state index < -0.39 is 0 Å². The maximum atomic E-state index is 12.3. The topological polar surface area (TPSA) is 29.1 Å². The summed E-state index contributed by atoms with van der Waals surface area (Å²) in [5.41, 5.74) is 1.48. The number of alkyl halides is 1. The standard InChI is InChI=1S/C15H19Cl2NO/c1-10-5-4-7-12(14(10)17)15(19)18-13-8-3-2-6-11(13)9-16/h4-5,7,11,13H,2-3,6,8-9H2,1H3,(H,18,19). The second-order valence-corrected chi connectivity index (χ2v) is 5.90. The zero-order valence-electron chi connectivity index (χ0n) is 11.1. The smallest absolute Gasteiger partial charge is 0.253 e. The fourth-order valence-electron chi connectivity index (χ4n) is 2.65. The maximum Gasteiger partial charge on any atom is 0.253 e. The van der Waals surface area contributed by atoms with E-state index in [2.05, 4.69) is 5.32 Å². The molecular formula is C15H19Cl2NO. The summed E-state index contributed by atoms with van der Waals surface area (Å²) in [4.78, 5) is 12.3. The van der Waals surface area contributed by atoms with Crippen molar-refractivity contribution in [1.82, 2.24) is 5.32 Å². The summed E-state index contributed by atoms with van der Waals surface area (Å²) >= 11 is 12.2. The SMILES string of the molecule is Cc1cccc(C(=O)NC2CCCCC2CCl)c1Cl. The van der Waals surface area contributed by atoms with Gasteiger partial charge >= 0.3 is 0 Å². The van der Waals surface area contributed by atoms with Crippen molar-refractivity contribution in [2.24, 2.45) is 5.92 Å². The normalized spacial score (nSPS) is 23.1. The third-order valence-corrected chi connectivity index (χ3v) is 4.76. The molecule has 4 heteroatoms. The predicted molar refractivity (Wildman–Crippen MR) is 80.1 cm³/mol. The minimum absolute atomic E-state index is 0.0873. The minimum atomic E-state index is -0.0873. The third-order valence-electron chi connectivity index (χ3n) is 3.86. The largest absolute Gasteiger partial charge is 0.349 e. The number of amides is 1. The summed E-state index contributed by atoms with van der Waals surface area (Å²) < 4.78 is 0. The lowest BCUT2D eigenvalue weighted by Gasteiger charge is -2.31. The van der Waals surface area contributed by atoms with Crippen molar-refractivity contribution in [3.63, 3.8) is 0 Å². The first kappa shape index (κ1) is 14.7. The molecule has 1 saturated carbocycles. The first-order valence-corrected chi connectivity index (χ1v) is 7.66. The van der Waals surface area contributed by atoms with Crippen LogP contribution < -0.4 is 5.32 Å². The molecule has 2 atom stereocenters. The zero-order chi connectivity index (χ0) is 13.8. The van der Waals surface area contributed by atoms with Gasteiger partial charge in [-0.3, -0.25) is 4.79 Å². The summed E-state index contributed by atoms with van der Waals surface area (Å²) in [5.74, 6) is 0.894. The highest BCUT2D eigenvalue weighted by atomic mass is 35.5. The molecule has 2 nitrogen and oxygen atoms in total. The van der Waals surface area contributed by atoms with Crippen LogP contribution in [0.15, 0.2) is 18.2 Å². The number of nitrogens with one attached hydrogen (secondary N) is 1. The number of aryl methyl sites for hydroxylation is 1. The van der Waals surface area contributed by atoms with Gasteiger partial charge in [-0.15, -0.1) is 11.6 Å². The molecule has 1 aromatic carbocycles. The van der Waals surface area contributed by atoms with Gasteiger partial charge in [0.05, 0.1) is 10.6 Å². The molecule has 1 fully saturated rings. The summed E-state index contributed by atoms with van der Waals surface area (Å²) in [5, 5.41) is 3.64. The number of benzene rings is 1. The van der Waals surface area contributed by atoms with Gasteiger partial charge in [-0.05, 0) is 37.3 Å². The third kappa shape index (κ3) is 3.43. The number of halogens is 2. The van der Waals surface area contributed by atoms with E-state index in [0.29, 0.717) is 22.4 Å². The van der Waals surface area contributed by atoms with Crippen LogP contribution in [0.2, 0.25) is 5.02 Å². The van der Waals surface area contributed by atoms with Crippen molar-refractivity contribution in [2.75, 3.05) is 5.88 Å². The van der Waals surface area contributed by atoms with Crippen LogP contribution in [0.5, 0.6) is 0 Å². The van der Waals surface area contributed by atoms with Crippen molar-refractivity contribution < 1.29 is 4.79 Å². The predicted octanol–water partition coefficient (Wildman–Crippen LogP) is 4.18. The molecule has 0 saturated heterocycles. The molecule has 0 aliphatic heterocycles. The molecule has 19 heavy (non-hydrogen) atoms. The summed E-state index contributed by atoms with van der Waals surface area (Å²) in [7, 11) is 0. The Bertz CT molecular complexity index is 461. The lowest BCUT2D eigenvalue weighted by molar-refractivity contribution is 0.0911. The molecule has 0 heterocycles. The number of hydrogen-bond acceptors (Lipinski definition) is 1. The Kier molecular flexibility index (Phi) is 5.12. The van der Waals surface area contributed by atoms with Crippen LogP contribution in [-0.4, -0.2) is 17.8 Å². The number of hydrogen-bond donors (Lipinski definition) is 1. The van der Waals surface area contributed by atoms with E-state index in [1.165, 1.54) is 6.42 Å². The fourth-order valence-corrected chi connectivity index (χ4v) is 3.23. The molecule has 1 aliphatic carbocycles. The number of carbonyl (C=O) groups excluding carboxylic acids is 1. The van der Waals surface area contributed by atoms with Crippen LogP contribution >= 0.6 is 23.2 Å². The quantitative estimate of drug-likeness (QED) is 0.834. The molecule has 1 N–H and O–H groups in total. The lowest BCUT2D eigenvalue weighted by atomic mass is 9.85. The second kappa shape index (κ2) is 6.62. The summed E-state index contributed by atoms with van der Waals surface area (Å²) in [6.07, 6.45) is 4.46. The first-order valence-electron chi connectivity index (χ1n) is 6.75.